The van der Waals surface area contributed by atoms with E-state index in [0.29, 0.717) is 63.2 Å². The van der Waals surface area contributed by atoms with Gasteiger partial charge in [-0.2, -0.15) is 13.2 Å². The van der Waals surface area contributed by atoms with Crippen LogP contribution < -0.4 is 16.4 Å². The number of benzene rings is 3. The number of fused-ring (bicyclic) bond motifs is 2. The van der Waals surface area contributed by atoms with Crippen molar-refractivity contribution in [2.75, 3.05) is 37.3 Å². The number of anilines is 2. The first kappa shape index (κ1) is 34.4. The third-order valence-corrected chi connectivity index (χ3v) is 9.66. The van der Waals surface area contributed by atoms with Crippen LogP contribution in [0.15, 0.2) is 60.7 Å². The number of likely N-dealkylation sites (tertiary alicyclic amines) is 1. The average molecular weight is 698 g/mol. The topological polar surface area (TPSA) is 129 Å². The first-order valence-electron chi connectivity index (χ1n) is 16.5. The number of aliphatic hydroxyl groups is 1. The standard InChI is InChI=1S/C35H39ClF3N7O3/c36-26-20-22(19-25(31(26)40)35(37,38)39)21-29(32-41-28-9-3-4-10-30(28)46(32)14-5-6-18-47)43-33(48)44-15-12-24(13-16-44)45-17-11-23-7-1-2-8-27(23)42-34(45)49/h1-4,7-10,19-20,24,29,47H,5-6,11-18,21,40H2,(H,42,49)(H,43,48). The van der Waals surface area contributed by atoms with Gasteiger partial charge in [-0.05, 0) is 73.6 Å². The van der Waals surface area contributed by atoms with E-state index in [2.05, 4.69) is 10.6 Å². The van der Waals surface area contributed by atoms with Crippen LogP contribution in [-0.4, -0.2) is 68.8 Å². The van der Waals surface area contributed by atoms with Gasteiger partial charge in [-0.15, -0.1) is 0 Å². The van der Waals surface area contributed by atoms with Gasteiger partial charge in [-0.25, -0.2) is 14.6 Å². The molecule has 0 saturated carbocycles. The quantitative estimate of drug-likeness (QED) is 0.116. The highest BCUT2D eigenvalue weighted by Crippen LogP contribution is 2.39. The minimum atomic E-state index is -4.72. The molecule has 0 spiro atoms. The van der Waals surface area contributed by atoms with E-state index in [-0.39, 0.29) is 41.7 Å². The fraction of sp³-hybridized carbons (Fsp3) is 0.400. The molecule has 3 heterocycles. The molecule has 0 aliphatic carbocycles. The molecular weight excluding hydrogens is 659 g/mol. The summed E-state index contributed by atoms with van der Waals surface area (Å²) in [6.07, 6.45) is -1.73. The molecular formula is C35H39ClF3N7O3. The van der Waals surface area contributed by atoms with Crippen LogP contribution in [0.4, 0.5) is 34.1 Å². The molecule has 14 heteroatoms. The molecule has 2 aliphatic rings. The summed E-state index contributed by atoms with van der Waals surface area (Å²) in [7, 11) is 0. The number of aliphatic hydroxyl groups excluding tert-OH is 1. The van der Waals surface area contributed by atoms with Gasteiger partial charge in [-0.1, -0.05) is 41.9 Å². The number of halogens is 4. The van der Waals surface area contributed by atoms with E-state index in [1.54, 1.807) is 4.90 Å². The molecule has 0 bridgehead atoms. The van der Waals surface area contributed by atoms with Gasteiger partial charge in [0.05, 0.1) is 33.3 Å². The number of alkyl halides is 3. The monoisotopic (exact) mass is 697 g/mol. The van der Waals surface area contributed by atoms with E-state index in [1.807, 2.05) is 58.0 Å². The Bertz CT molecular complexity index is 1820. The number of carbonyl (C=O) groups is 2. The fourth-order valence-electron chi connectivity index (χ4n) is 6.80. The largest absolute Gasteiger partial charge is 0.418 e. The predicted octanol–water partition coefficient (Wildman–Crippen LogP) is 6.61. The van der Waals surface area contributed by atoms with E-state index in [1.165, 1.54) is 6.07 Å². The highest BCUT2D eigenvalue weighted by atomic mass is 35.5. The molecule has 2 aliphatic heterocycles. The van der Waals surface area contributed by atoms with E-state index in [9.17, 15) is 27.9 Å². The molecule has 3 aromatic carbocycles. The van der Waals surface area contributed by atoms with Gasteiger partial charge in [-0.3, -0.25) is 0 Å². The van der Waals surface area contributed by atoms with Gasteiger partial charge in [0.2, 0.25) is 0 Å². The van der Waals surface area contributed by atoms with Gasteiger partial charge >= 0.3 is 18.2 Å². The van der Waals surface area contributed by atoms with Gasteiger partial charge < -0.3 is 35.8 Å². The molecule has 1 fully saturated rings. The first-order valence-corrected chi connectivity index (χ1v) is 16.8. The van der Waals surface area contributed by atoms with Crippen LogP contribution >= 0.6 is 11.6 Å². The van der Waals surface area contributed by atoms with Crippen LogP contribution in [0.5, 0.6) is 0 Å². The Morgan fingerprint density at radius 1 is 1.08 bits per heavy atom. The number of piperidine rings is 1. The van der Waals surface area contributed by atoms with Crippen LogP contribution in [0.1, 0.15) is 54.2 Å². The lowest BCUT2D eigenvalue weighted by molar-refractivity contribution is -0.137. The van der Waals surface area contributed by atoms with Gasteiger partial charge in [0.1, 0.15) is 5.82 Å². The summed E-state index contributed by atoms with van der Waals surface area (Å²) in [4.78, 5) is 35.3. The Morgan fingerprint density at radius 2 is 1.82 bits per heavy atom. The number of aromatic nitrogens is 2. The number of rotatable bonds is 9. The number of urea groups is 2. The van der Waals surface area contributed by atoms with Crippen LogP contribution in [0.25, 0.3) is 11.0 Å². The number of nitrogens with two attached hydrogens (primary N) is 1. The maximum Gasteiger partial charge on any atom is 0.418 e. The van der Waals surface area contributed by atoms with E-state index < -0.39 is 23.5 Å². The minimum absolute atomic E-state index is 0.00819. The lowest BCUT2D eigenvalue weighted by atomic mass is 10.0. The zero-order chi connectivity index (χ0) is 34.7. The zero-order valence-electron chi connectivity index (χ0n) is 26.8. The van der Waals surface area contributed by atoms with Crippen molar-refractivity contribution < 1.29 is 27.9 Å². The molecule has 0 radical (unpaired) electrons. The van der Waals surface area contributed by atoms with Crippen molar-refractivity contribution in [1.82, 2.24) is 24.7 Å². The Hall–Kier alpha value is -4.49. The number of unbranched alkanes of at least 4 members (excludes halogenated alkanes) is 1. The van der Waals surface area contributed by atoms with Crippen molar-refractivity contribution in [3.8, 4) is 0 Å². The molecule has 1 saturated heterocycles. The second kappa shape index (κ2) is 14.6. The summed E-state index contributed by atoms with van der Waals surface area (Å²) in [5, 5.41) is 15.3. The number of nitrogens with zero attached hydrogens (tertiary/aromatic N) is 4. The Morgan fingerprint density at radius 3 is 2.57 bits per heavy atom. The van der Waals surface area contributed by atoms with Crippen molar-refractivity contribution >= 4 is 46.1 Å². The zero-order valence-corrected chi connectivity index (χ0v) is 27.6. The molecule has 1 aromatic heterocycles. The van der Waals surface area contributed by atoms with Gasteiger partial charge in [0.15, 0.2) is 0 Å². The third-order valence-electron chi connectivity index (χ3n) is 9.35. The van der Waals surface area contributed by atoms with Gasteiger partial charge in [0, 0.05) is 50.9 Å². The summed E-state index contributed by atoms with van der Waals surface area (Å²) in [5.41, 5.74) is 7.71. The highest BCUT2D eigenvalue weighted by Gasteiger charge is 2.36. The Balaban J connectivity index is 1.24. The normalized spacial score (nSPS) is 16.3. The first-order chi connectivity index (χ1) is 23.5. The van der Waals surface area contributed by atoms with Crippen molar-refractivity contribution in [3.05, 3.63) is 88.2 Å². The average Bonchev–Trinajstić information content (AvgIpc) is 3.35. The summed E-state index contributed by atoms with van der Waals surface area (Å²) in [6, 6.07) is 16.1. The molecule has 260 valence electrons. The molecule has 1 atom stereocenters. The number of para-hydroxylation sites is 3. The predicted molar refractivity (Wildman–Crippen MR) is 182 cm³/mol. The molecule has 4 amide bonds. The van der Waals surface area contributed by atoms with E-state index >= 15 is 0 Å². The smallest absolute Gasteiger partial charge is 0.397 e. The lowest BCUT2D eigenvalue weighted by Crippen LogP contribution is -2.52. The van der Waals surface area contributed by atoms with Crippen LogP contribution in [0.2, 0.25) is 5.02 Å². The summed E-state index contributed by atoms with van der Waals surface area (Å²) < 4.78 is 43.6. The molecule has 49 heavy (non-hydrogen) atoms. The molecule has 10 nitrogen and oxygen atoms in total. The van der Waals surface area contributed by atoms with Crippen molar-refractivity contribution in [2.24, 2.45) is 0 Å². The number of nitrogen functional groups attached to an aromatic ring is 1. The summed E-state index contributed by atoms with van der Waals surface area (Å²) in [6.45, 7) is 1.83. The van der Waals surface area contributed by atoms with Crippen LogP contribution in [-0.2, 0) is 25.6 Å². The van der Waals surface area contributed by atoms with Crippen molar-refractivity contribution in [3.63, 3.8) is 0 Å². The number of imidazole rings is 1. The highest BCUT2D eigenvalue weighted by molar-refractivity contribution is 6.33. The van der Waals surface area contributed by atoms with Crippen molar-refractivity contribution in [1.29, 1.82) is 0 Å². The molecule has 6 rings (SSSR count). The third kappa shape index (κ3) is 7.57. The lowest BCUT2D eigenvalue weighted by Gasteiger charge is -2.38. The molecule has 4 aromatic rings. The fourth-order valence-corrected chi connectivity index (χ4v) is 7.05. The maximum atomic E-state index is 13.9. The molecule has 1 unspecified atom stereocenters. The summed E-state index contributed by atoms with van der Waals surface area (Å²) >= 11 is 6.19. The number of hydrogen-bond acceptors (Lipinski definition) is 5. The van der Waals surface area contributed by atoms with Crippen LogP contribution in [0, 0.1) is 0 Å². The summed E-state index contributed by atoms with van der Waals surface area (Å²) in [5.74, 6) is 0.477. The molecule has 5 N–H and O–H groups in total. The van der Waals surface area contributed by atoms with Crippen molar-refractivity contribution in [2.45, 2.75) is 63.3 Å². The van der Waals surface area contributed by atoms with E-state index in [4.69, 9.17) is 22.3 Å². The van der Waals surface area contributed by atoms with Gasteiger partial charge in [0.25, 0.3) is 0 Å². The van der Waals surface area contributed by atoms with Crippen LogP contribution in [0.3, 0.4) is 0 Å². The SMILES string of the molecule is Nc1c(Cl)cc(CC(NC(=O)N2CCC(N3CCc4ccccc4NC3=O)CC2)c2nc3ccccc3n2CCCCO)cc1C(F)(F)F. The number of nitrogens with one attached hydrogen (secondary N) is 2. The number of hydrogen-bond donors (Lipinski definition) is 4. The number of amides is 4. The maximum absolute atomic E-state index is 13.9. The van der Waals surface area contributed by atoms with E-state index in [0.717, 1.165) is 29.3 Å². The minimum Gasteiger partial charge on any atom is -0.397 e. The second-order valence-electron chi connectivity index (χ2n) is 12.5. The second-order valence-corrected chi connectivity index (χ2v) is 12.9. The Kier molecular flexibility index (Phi) is 10.2. The number of aryl methyl sites for hydroxylation is 1. The number of carbonyl (C=O) groups excluding carboxylic acids is 2. The Labute approximate surface area is 287 Å².